The fourth-order valence-electron chi connectivity index (χ4n) is 0.398. The third-order valence-electron chi connectivity index (χ3n) is 1.22. The van der Waals surface area contributed by atoms with Gasteiger partial charge in [0.25, 0.3) is 0 Å². The summed E-state index contributed by atoms with van der Waals surface area (Å²) in [5.41, 5.74) is 0. The third kappa shape index (κ3) is 3.82. The SMILES string of the molecule is CC[C@@H](C)NC(=O)NC. The molecule has 0 spiro atoms. The Kier molecular flexibility index (Phi) is 3.84. The van der Waals surface area contributed by atoms with Crippen LogP contribution in [0.1, 0.15) is 20.3 Å². The molecule has 0 saturated carbocycles. The lowest BCUT2D eigenvalue weighted by molar-refractivity contribution is 0.239. The molecule has 0 bridgehead atoms. The Balaban J connectivity index is 3.34. The summed E-state index contributed by atoms with van der Waals surface area (Å²) in [6.07, 6.45) is 0.966. The molecule has 0 aliphatic carbocycles. The number of nitrogens with one attached hydrogen (secondary N) is 2. The second-order valence-electron chi connectivity index (χ2n) is 2.03. The van der Waals surface area contributed by atoms with Gasteiger partial charge in [0.15, 0.2) is 0 Å². The first-order chi connectivity index (χ1) is 4.20. The molecule has 9 heavy (non-hydrogen) atoms. The predicted molar refractivity (Wildman–Crippen MR) is 37.3 cm³/mol. The summed E-state index contributed by atoms with van der Waals surface area (Å²) in [4.78, 5) is 10.6. The Labute approximate surface area is 55.8 Å². The molecule has 0 aromatic carbocycles. The summed E-state index contributed by atoms with van der Waals surface area (Å²) >= 11 is 0. The summed E-state index contributed by atoms with van der Waals surface area (Å²) in [5.74, 6) is 0. The molecular formula is C6H14N2O. The van der Waals surface area contributed by atoms with Crippen molar-refractivity contribution in [2.75, 3.05) is 7.05 Å². The van der Waals surface area contributed by atoms with E-state index in [2.05, 4.69) is 10.6 Å². The molecule has 0 fully saturated rings. The number of hydrogen-bond acceptors (Lipinski definition) is 1. The minimum absolute atomic E-state index is 0.107. The Bertz CT molecular complexity index is 93.1. The van der Waals surface area contributed by atoms with E-state index in [1.54, 1.807) is 7.05 Å². The highest BCUT2D eigenvalue weighted by Gasteiger charge is 1.99. The van der Waals surface area contributed by atoms with Crippen molar-refractivity contribution in [1.29, 1.82) is 0 Å². The van der Waals surface area contributed by atoms with Crippen LogP contribution >= 0.6 is 0 Å². The first-order valence-corrected chi connectivity index (χ1v) is 3.19. The first kappa shape index (κ1) is 8.27. The van der Waals surface area contributed by atoms with E-state index in [-0.39, 0.29) is 12.1 Å². The van der Waals surface area contributed by atoms with Gasteiger partial charge in [-0.05, 0) is 13.3 Å². The van der Waals surface area contributed by atoms with Crippen molar-refractivity contribution in [2.45, 2.75) is 26.3 Å². The maximum absolute atomic E-state index is 10.6. The van der Waals surface area contributed by atoms with Crippen LogP contribution in [0.3, 0.4) is 0 Å². The van der Waals surface area contributed by atoms with Crippen LogP contribution in [0.15, 0.2) is 0 Å². The molecule has 0 aromatic heterocycles. The number of rotatable bonds is 2. The van der Waals surface area contributed by atoms with Gasteiger partial charge in [0, 0.05) is 13.1 Å². The highest BCUT2D eigenvalue weighted by molar-refractivity contribution is 5.73. The second kappa shape index (κ2) is 4.18. The zero-order valence-electron chi connectivity index (χ0n) is 6.19. The summed E-state index contributed by atoms with van der Waals surface area (Å²) in [7, 11) is 1.61. The van der Waals surface area contributed by atoms with Crippen LogP contribution in [0.2, 0.25) is 0 Å². The van der Waals surface area contributed by atoms with Gasteiger partial charge < -0.3 is 10.6 Å². The van der Waals surface area contributed by atoms with Crippen LogP contribution in [-0.2, 0) is 0 Å². The molecular weight excluding hydrogens is 116 g/mol. The van der Waals surface area contributed by atoms with E-state index in [4.69, 9.17) is 0 Å². The van der Waals surface area contributed by atoms with Crippen LogP contribution in [0.25, 0.3) is 0 Å². The van der Waals surface area contributed by atoms with Crippen LogP contribution in [-0.4, -0.2) is 19.1 Å². The fraction of sp³-hybridized carbons (Fsp3) is 0.833. The van der Waals surface area contributed by atoms with E-state index in [1.807, 2.05) is 13.8 Å². The summed E-state index contributed by atoms with van der Waals surface area (Å²) < 4.78 is 0. The van der Waals surface area contributed by atoms with E-state index in [0.29, 0.717) is 0 Å². The molecule has 54 valence electrons. The maximum atomic E-state index is 10.6. The maximum Gasteiger partial charge on any atom is 0.314 e. The van der Waals surface area contributed by atoms with Crippen molar-refractivity contribution < 1.29 is 4.79 Å². The normalized spacial score (nSPS) is 12.3. The molecule has 0 rings (SSSR count). The zero-order valence-corrected chi connectivity index (χ0v) is 6.19. The molecule has 0 aromatic rings. The topological polar surface area (TPSA) is 41.1 Å². The Morgan fingerprint density at radius 3 is 2.56 bits per heavy atom. The fourth-order valence-corrected chi connectivity index (χ4v) is 0.398. The largest absolute Gasteiger partial charge is 0.341 e. The minimum atomic E-state index is -0.107. The van der Waals surface area contributed by atoms with Crippen molar-refractivity contribution >= 4 is 6.03 Å². The summed E-state index contributed by atoms with van der Waals surface area (Å²) in [5, 5.41) is 5.21. The minimum Gasteiger partial charge on any atom is -0.341 e. The quantitative estimate of drug-likeness (QED) is 0.568. The van der Waals surface area contributed by atoms with Crippen LogP contribution in [0.5, 0.6) is 0 Å². The third-order valence-corrected chi connectivity index (χ3v) is 1.22. The van der Waals surface area contributed by atoms with E-state index >= 15 is 0 Å². The van der Waals surface area contributed by atoms with Crippen molar-refractivity contribution in [3.05, 3.63) is 0 Å². The molecule has 0 saturated heterocycles. The number of carbonyl (C=O) groups excluding carboxylic acids is 1. The first-order valence-electron chi connectivity index (χ1n) is 3.19. The standard InChI is InChI=1S/C6H14N2O/c1-4-5(2)8-6(9)7-3/h5H,4H2,1-3H3,(H2,7,8,9)/t5-/m1/s1. The molecule has 0 radical (unpaired) electrons. The van der Waals surface area contributed by atoms with Gasteiger partial charge in [-0.2, -0.15) is 0 Å². The Morgan fingerprint density at radius 2 is 2.22 bits per heavy atom. The average Bonchev–Trinajstić information content (AvgIpc) is 1.87. The van der Waals surface area contributed by atoms with Gasteiger partial charge in [-0.15, -0.1) is 0 Å². The number of carbonyl (C=O) groups is 1. The van der Waals surface area contributed by atoms with Crippen molar-refractivity contribution in [2.24, 2.45) is 0 Å². The number of urea groups is 1. The van der Waals surface area contributed by atoms with Crippen molar-refractivity contribution in [1.82, 2.24) is 10.6 Å². The summed E-state index contributed by atoms with van der Waals surface area (Å²) in [6, 6.07) is 0.161. The predicted octanol–water partition coefficient (Wildman–Crippen LogP) is 0.714. The Morgan fingerprint density at radius 1 is 1.67 bits per heavy atom. The molecule has 2 N–H and O–H groups in total. The van der Waals surface area contributed by atoms with Crippen molar-refractivity contribution in [3.63, 3.8) is 0 Å². The van der Waals surface area contributed by atoms with Gasteiger partial charge in [-0.1, -0.05) is 6.92 Å². The lowest BCUT2D eigenvalue weighted by atomic mass is 10.3. The van der Waals surface area contributed by atoms with Crippen LogP contribution in [0, 0.1) is 0 Å². The van der Waals surface area contributed by atoms with Gasteiger partial charge in [0.1, 0.15) is 0 Å². The molecule has 2 amide bonds. The highest BCUT2D eigenvalue weighted by Crippen LogP contribution is 1.85. The lowest BCUT2D eigenvalue weighted by Gasteiger charge is -2.09. The van der Waals surface area contributed by atoms with Gasteiger partial charge in [-0.25, -0.2) is 4.79 Å². The zero-order chi connectivity index (χ0) is 7.28. The molecule has 1 atom stereocenters. The monoisotopic (exact) mass is 130 g/mol. The molecule has 3 nitrogen and oxygen atoms in total. The van der Waals surface area contributed by atoms with E-state index in [1.165, 1.54) is 0 Å². The lowest BCUT2D eigenvalue weighted by Crippen LogP contribution is -2.38. The van der Waals surface area contributed by atoms with Crippen LogP contribution in [0.4, 0.5) is 4.79 Å². The van der Waals surface area contributed by atoms with Crippen LogP contribution < -0.4 is 10.6 Å². The molecule has 0 unspecified atom stereocenters. The van der Waals surface area contributed by atoms with Gasteiger partial charge >= 0.3 is 6.03 Å². The van der Waals surface area contributed by atoms with Gasteiger partial charge in [0.05, 0.1) is 0 Å². The van der Waals surface area contributed by atoms with Gasteiger partial charge in [-0.3, -0.25) is 0 Å². The summed E-state index contributed by atoms with van der Waals surface area (Å²) in [6.45, 7) is 4.00. The van der Waals surface area contributed by atoms with E-state index < -0.39 is 0 Å². The van der Waals surface area contributed by atoms with E-state index in [9.17, 15) is 4.79 Å². The molecule has 0 aliphatic rings. The number of hydrogen-bond donors (Lipinski definition) is 2. The Hall–Kier alpha value is -0.730. The smallest absolute Gasteiger partial charge is 0.314 e. The number of amides is 2. The molecule has 0 heterocycles. The second-order valence-corrected chi connectivity index (χ2v) is 2.03. The highest BCUT2D eigenvalue weighted by atomic mass is 16.2. The molecule has 0 aliphatic heterocycles. The van der Waals surface area contributed by atoms with Crippen molar-refractivity contribution in [3.8, 4) is 0 Å². The van der Waals surface area contributed by atoms with Gasteiger partial charge in [0.2, 0.25) is 0 Å². The molecule has 3 heteroatoms. The van der Waals surface area contributed by atoms with E-state index in [0.717, 1.165) is 6.42 Å². The average molecular weight is 130 g/mol.